The molecule has 0 saturated heterocycles. The normalized spacial score (nSPS) is 10.8. The average molecular weight is 426 g/mol. The van der Waals surface area contributed by atoms with Gasteiger partial charge in [-0.25, -0.2) is 4.98 Å². The zero-order chi connectivity index (χ0) is 22.3. The van der Waals surface area contributed by atoms with E-state index in [1.54, 1.807) is 18.3 Å². The summed E-state index contributed by atoms with van der Waals surface area (Å²) in [7, 11) is 0. The second kappa shape index (κ2) is 14.2. The first-order valence-corrected chi connectivity index (χ1v) is 11.2. The van der Waals surface area contributed by atoms with Crippen molar-refractivity contribution in [3.63, 3.8) is 0 Å². The molecule has 0 atom stereocenters. The highest BCUT2D eigenvalue weighted by Gasteiger charge is 2.07. The fourth-order valence-electron chi connectivity index (χ4n) is 3.24. The summed E-state index contributed by atoms with van der Waals surface area (Å²) in [5, 5.41) is 0. The molecule has 0 aliphatic rings. The van der Waals surface area contributed by atoms with Crippen LogP contribution in [0.3, 0.4) is 0 Å². The van der Waals surface area contributed by atoms with Crippen LogP contribution in [0.4, 0.5) is 0 Å². The predicted octanol–water partition coefficient (Wildman–Crippen LogP) is 6.82. The van der Waals surface area contributed by atoms with Crippen LogP contribution in [0.15, 0.2) is 60.2 Å². The summed E-state index contributed by atoms with van der Waals surface area (Å²) in [5.74, 6) is 2.15. The number of unbranched alkanes of at least 4 members (excludes halogenated alkanes) is 7. The van der Waals surface area contributed by atoms with Crippen LogP contribution >= 0.6 is 0 Å². The van der Waals surface area contributed by atoms with Gasteiger partial charge in [-0.1, -0.05) is 51.7 Å². The molecule has 1 aromatic carbocycles. The molecule has 0 aliphatic heterocycles. The molecule has 0 spiro atoms. The van der Waals surface area contributed by atoms with Crippen molar-refractivity contribution in [1.29, 1.82) is 0 Å². The topological polar surface area (TPSA) is 61.6 Å². The predicted molar refractivity (Wildman–Crippen MR) is 124 cm³/mol. The van der Waals surface area contributed by atoms with Gasteiger partial charge in [0, 0.05) is 18.9 Å². The largest absolute Gasteiger partial charge is 0.494 e. The van der Waals surface area contributed by atoms with Crippen molar-refractivity contribution in [3.8, 4) is 17.1 Å². The van der Waals surface area contributed by atoms with Gasteiger partial charge < -0.3 is 13.9 Å². The molecule has 1 aromatic heterocycles. The monoisotopic (exact) mass is 425 g/mol. The summed E-state index contributed by atoms with van der Waals surface area (Å²) in [4.78, 5) is 15.8. The Balaban J connectivity index is 1.43. The van der Waals surface area contributed by atoms with Gasteiger partial charge in [0.15, 0.2) is 11.7 Å². The van der Waals surface area contributed by atoms with Gasteiger partial charge in [0.1, 0.15) is 11.9 Å². The number of aromatic nitrogens is 1. The van der Waals surface area contributed by atoms with Crippen molar-refractivity contribution in [1.82, 2.24) is 4.98 Å². The lowest BCUT2D eigenvalue weighted by molar-refractivity contribution is -0.145. The van der Waals surface area contributed by atoms with E-state index in [0.29, 0.717) is 12.3 Å². The summed E-state index contributed by atoms with van der Waals surface area (Å²) < 4.78 is 16.6. The molecule has 5 heteroatoms. The zero-order valence-electron chi connectivity index (χ0n) is 18.7. The molecule has 0 unspecified atom stereocenters. The molecule has 1 heterocycles. The van der Waals surface area contributed by atoms with Crippen LogP contribution in [0.2, 0.25) is 0 Å². The Morgan fingerprint density at radius 1 is 1.00 bits per heavy atom. The Kier molecular flexibility index (Phi) is 11.2. The Morgan fingerprint density at radius 2 is 1.61 bits per heavy atom. The van der Waals surface area contributed by atoms with Crippen molar-refractivity contribution in [2.75, 3.05) is 6.61 Å². The maximum Gasteiger partial charge on any atom is 0.306 e. The fourth-order valence-corrected chi connectivity index (χ4v) is 3.24. The fraction of sp³-hybridized carbons (Fsp3) is 0.462. The molecule has 0 amide bonds. The highest BCUT2D eigenvalue weighted by atomic mass is 16.5. The van der Waals surface area contributed by atoms with Crippen molar-refractivity contribution >= 4 is 5.97 Å². The molecule has 0 fully saturated rings. The van der Waals surface area contributed by atoms with Gasteiger partial charge in [0.05, 0.1) is 12.8 Å². The van der Waals surface area contributed by atoms with Gasteiger partial charge in [-0.3, -0.25) is 4.79 Å². The summed E-state index contributed by atoms with van der Waals surface area (Å²) in [6.45, 7) is 9.79. The van der Waals surface area contributed by atoms with Crippen LogP contribution in [0, 0.1) is 6.92 Å². The minimum Gasteiger partial charge on any atom is -0.494 e. The van der Waals surface area contributed by atoms with Crippen molar-refractivity contribution in [2.45, 2.75) is 70.8 Å². The number of rotatable bonds is 16. The van der Waals surface area contributed by atoms with Crippen LogP contribution in [0.25, 0.3) is 11.3 Å². The van der Waals surface area contributed by atoms with E-state index in [0.717, 1.165) is 49.4 Å². The van der Waals surface area contributed by atoms with E-state index in [-0.39, 0.29) is 12.1 Å². The Bertz CT molecular complexity index is 786. The number of oxazole rings is 1. The average Bonchev–Trinajstić information content (AvgIpc) is 3.22. The smallest absolute Gasteiger partial charge is 0.306 e. The minimum absolute atomic E-state index is 0.174. The number of benzene rings is 1. The van der Waals surface area contributed by atoms with Crippen molar-refractivity contribution in [3.05, 3.63) is 61.7 Å². The third-order valence-corrected chi connectivity index (χ3v) is 5.04. The van der Waals surface area contributed by atoms with E-state index in [9.17, 15) is 4.79 Å². The lowest BCUT2D eigenvalue weighted by Crippen LogP contribution is -2.12. The number of ether oxygens (including phenoxy) is 2. The van der Waals surface area contributed by atoms with Gasteiger partial charge in [-0.15, -0.1) is 0 Å². The molecule has 2 rings (SSSR count). The number of hydrogen-bond acceptors (Lipinski definition) is 5. The molecular weight excluding hydrogens is 390 g/mol. The van der Waals surface area contributed by atoms with Gasteiger partial charge in [0.2, 0.25) is 0 Å². The van der Waals surface area contributed by atoms with E-state index in [2.05, 4.69) is 18.1 Å². The molecule has 0 saturated carbocycles. The Morgan fingerprint density at radius 3 is 2.19 bits per heavy atom. The minimum atomic E-state index is -0.376. The quantitative estimate of drug-likeness (QED) is 0.168. The summed E-state index contributed by atoms with van der Waals surface area (Å²) in [5.41, 5.74) is 1.00. The number of nitrogens with zero attached hydrogens (tertiary/aromatic N) is 1. The third kappa shape index (κ3) is 9.69. The SMILES string of the molecule is C=CC(C=C)OC(=O)CCCCCCCCCCOc1ccc(-c2cnc(C)o2)cc1. The molecule has 2 aromatic rings. The second-order valence-electron chi connectivity index (χ2n) is 7.62. The maximum atomic E-state index is 11.7. The lowest BCUT2D eigenvalue weighted by atomic mass is 10.1. The molecule has 5 nitrogen and oxygen atoms in total. The van der Waals surface area contributed by atoms with Gasteiger partial charge in [-0.05, 0) is 49.3 Å². The van der Waals surface area contributed by atoms with E-state index >= 15 is 0 Å². The summed E-state index contributed by atoms with van der Waals surface area (Å²) in [6.07, 6.45) is 14.0. The number of carbonyl (C=O) groups is 1. The molecule has 0 N–H and O–H groups in total. The first-order chi connectivity index (χ1) is 15.1. The first-order valence-electron chi connectivity index (χ1n) is 11.2. The standard InChI is InChI=1S/C26H35NO4/c1-4-23(5-2)31-26(28)14-12-10-8-6-7-9-11-13-19-29-24-17-15-22(16-18-24)25-20-27-21(3)30-25/h4-5,15-18,20,23H,1-2,6-14,19H2,3H3. The van der Waals surface area contributed by atoms with Crippen LogP contribution < -0.4 is 4.74 Å². The number of esters is 1. The highest BCUT2D eigenvalue weighted by Crippen LogP contribution is 2.23. The van der Waals surface area contributed by atoms with Crippen molar-refractivity contribution < 1.29 is 18.7 Å². The summed E-state index contributed by atoms with van der Waals surface area (Å²) >= 11 is 0. The zero-order valence-corrected chi connectivity index (χ0v) is 18.7. The Hall–Kier alpha value is -2.82. The molecule has 0 bridgehead atoms. The first kappa shape index (κ1) is 24.4. The number of aryl methyl sites for hydroxylation is 1. The van der Waals surface area contributed by atoms with E-state index in [4.69, 9.17) is 13.9 Å². The van der Waals surface area contributed by atoms with Crippen LogP contribution in [0.1, 0.15) is 63.7 Å². The summed E-state index contributed by atoms with van der Waals surface area (Å²) in [6, 6.07) is 7.92. The second-order valence-corrected chi connectivity index (χ2v) is 7.62. The molecule has 31 heavy (non-hydrogen) atoms. The molecule has 168 valence electrons. The van der Waals surface area contributed by atoms with Gasteiger partial charge in [0.25, 0.3) is 0 Å². The molecule has 0 aliphatic carbocycles. The maximum absolute atomic E-state index is 11.7. The highest BCUT2D eigenvalue weighted by molar-refractivity contribution is 5.69. The van der Waals surface area contributed by atoms with Crippen LogP contribution in [-0.4, -0.2) is 23.7 Å². The van der Waals surface area contributed by atoms with E-state index in [1.165, 1.54) is 25.7 Å². The molecule has 0 radical (unpaired) electrons. The third-order valence-electron chi connectivity index (χ3n) is 5.04. The van der Waals surface area contributed by atoms with Crippen LogP contribution in [-0.2, 0) is 9.53 Å². The van der Waals surface area contributed by atoms with Gasteiger partial charge in [-0.2, -0.15) is 0 Å². The Labute approximate surface area is 186 Å². The van der Waals surface area contributed by atoms with Crippen LogP contribution in [0.5, 0.6) is 5.75 Å². The van der Waals surface area contributed by atoms with Gasteiger partial charge >= 0.3 is 5.97 Å². The molecular formula is C26H35NO4. The van der Waals surface area contributed by atoms with E-state index < -0.39 is 0 Å². The van der Waals surface area contributed by atoms with Crippen molar-refractivity contribution in [2.24, 2.45) is 0 Å². The number of carbonyl (C=O) groups excluding carboxylic acids is 1. The lowest BCUT2D eigenvalue weighted by Gasteiger charge is -2.09. The number of hydrogen-bond donors (Lipinski definition) is 0. The van der Waals surface area contributed by atoms with E-state index in [1.807, 2.05) is 31.2 Å².